The molecular formula is C31H29FN2O5S. The Bertz CT molecular complexity index is 1610. The summed E-state index contributed by atoms with van der Waals surface area (Å²) in [5, 5.41) is 11.6. The molecule has 0 aliphatic carbocycles. The molecule has 1 atom stereocenters. The molecule has 0 bridgehead atoms. The van der Waals surface area contributed by atoms with Crippen LogP contribution in [0, 0.1) is 12.7 Å². The number of aliphatic hydroxyl groups is 1. The molecule has 1 N–H and O–H groups in total. The third kappa shape index (κ3) is 5.16. The third-order valence-electron chi connectivity index (χ3n) is 6.65. The summed E-state index contributed by atoms with van der Waals surface area (Å²) in [5.41, 5.74) is 2.35. The molecule has 4 aromatic rings. The molecular weight excluding hydrogens is 531 g/mol. The number of rotatable bonds is 9. The molecule has 0 spiro atoms. The lowest BCUT2D eigenvalue weighted by Gasteiger charge is -2.24. The van der Waals surface area contributed by atoms with Gasteiger partial charge in [-0.25, -0.2) is 9.37 Å². The number of nitrogens with zero attached hydrogens (tertiary/aromatic N) is 2. The normalized spacial score (nSPS) is 16.6. The van der Waals surface area contributed by atoms with Gasteiger partial charge in [0.25, 0.3) is 5.78 Å². The maximum Gasteiger partial charge on any atom is 0.301 e. The first kappa shape index (κ1) is 27.3. The minimum absolute atomic E-state index is 0.0682. The summed E-state index contributed by atoms with van der Waals surface area (Å²) in [6.45, 7) is 6.73. The SMILES string of the molecule is CCCCOc1ccc(C2C(=C(O)c3ccc(C)cc3)C(=O)C(=O)N2c2nc3ccc(F)cc3s2)cc1OCC. The number of hydrogen-bond donors (Lipinski definition) is 1. The minimum Gasteiger partial charge on any atom is -0.507 e. The van der Waals surface area contributed by atoms with E-state index in [2.05, 4.69) is 11.9 Å². The molecule has 0 saturated carbocycles. The predicted molar refractivity (Wildman–Crippen MR) is 154 cm³/mol. The van der Waals surface area contributed by atoms with Crippen LogP contribution in [-0.2, 0) is 9.59 Å². The highest BCUT2D eigenvalue weighted by atomic mass is 32.1. The van der Waals surface area contributed by atoms with Crippen LogP contribution in [-0.4, -0.2) is 35.0 Å². The number of ether oxygens (including phenoxy) is 2. The number of carbonyl (C=O) groups is 2. The number of benzene rings is 3. The fourth-order valence-electron chi connectivity index (χ4n) is 4.61. The van der Waals surface area contributed by atoms with Gasteiger partial charge in [0.1, 0.15) is 11.6 Å². The summed E-state index contributed by atoms with van der Waals surface area (Å²) in [6, 6.07) is 15.4. The van der Waals surface area contributed by atoms with Gasteiger partial charge in [-0.15, -0.1) is 0 Å². The number of anilines is 1. The van der Waals surface area contributed by atoms with Crippen molar-refractivity contribution in [2.45, 2.75) is 39.7 Å². The van der Waals surface area contributed by atoms with Gasteiger partial charge in [0.2, 0.25) is 0 Å². The van der Waals surface area contributed by atoms with Gasteiger partial charge in [0.15, 0.2) is 16.6 Å². The molecule has 1 unspecified atom stereocenters. The number of aliphatic hydroxyl groups excluding tert-OH is 1. The van der Waals surface area contributed by atoms with Crippen molar-refractivity contribution in [1.29, 1.82) is 0 Å². The number of fused-ring (bicyclic) bond motifs is 1. The molecule has 9 heteroatoms. The van der Waals surface area contributed by atoms with E-state index in [1.807, 2.05) is 26.0 Å². The Labute approximate surface area is 235 Å². The predicted octanol–water partition coefficient (Wildman–Crippen LogP) is 6.95. The van der Waals surface area contributed by atoms with Crippen LogP contribution in [0.25, 0.3) is 16.0 Å². The largest absolute Gasteiger partial charge is 0.507 e. The lowest BCUT2D eigenvalue weighted by Crippen LogP contribution is -2.29. The summed E-state index contributed by atoms with van der Waals surface area (Å²) in [6.07, 6.45) is 1.85. The quantitative estimate of drug-likeness (QED) is 0.103. The summed E-state index contributed by atoms with van der Waals surface area (Å²) in [7, 11) is 0. The van der Waals surface area contributed by atoms with Crippen LogP contribution in [0.15, 0.2) is 66.2 Å². The van der Waals surface area contributed by atoms with Crippen molar-refractivity contribution in [3.63, 3.8) is 0 Å². The van der Waals surface area contributed by atoms with E-state index >= 15 is 0 Å². The monoisotopic (exact) mass is 560 g/mol. The van der Waals surface area contributed by atoms with Gasteiger partial charge in [-0.2, -0.15) is 0 Å². The number of hydrogen-bond acceptors (Lipinski definition) is 7. The van der Waals surface area contributed by atoms with Gasteiger partial charge in [-0.1, -0.05) is 60.6 Å². The smallest absolute Gasteiger partial charge is 0.301 e. The number of thiazole rings is 1. The molecule has 1 amide bonds. The van der Waals surface area contributed by atoms with E-state index in [9.17, 15) is 19.1 Å². The second-order valence-corrected chi connectivity index (χ2v) is 10.5. The van der Waals surface area contributed by atoms with E-state index in [-0.39, 0.29) is 16.5 Å². The minimum atomic E-state index is -1.00. The molecule has 1 fully saturated rings. The number of carbonyl (C=O) groups excluding carboxylic acids is 2. The van der Waals surface area contributed by atoms with E-state index in [1.165, 1.54) is 23.1 Å². The highest BCUT2D eigenvalue weighted by Crippen LogP contribution is 2.46. The van der Waals surface area contributed by atoms with Gasteiger partial charge in [0.05, 0.1) is 35.0 Å². The zero-order valence-electron chi connectivity index (χ0n) is 22.4. The Morgan fingerprint density at radius 2 is 1.80 bits per heavy atom. The second kappa shape index (κ2) is 11.5. The Morgan fingerprint density at radius 1 is 1.02 bits per heavy atom. The Hall–Kier alpha value is -4.24. The fraction of sp³-hybridized carbons (Fsp3) is 0.258. The molecule has 5 rings (SSSR count). The van der Waals surface area contributed by atoms with Crippen LogP contribution >= 0.6 is 11.3 Å². The standard InChI is InChI=1S/C31H29FN2O5S/c1-4-6-15-39-23-14-11-20(16-24(23)38-5-2)27-26(28(35)19-9-7-18(3)8-10-19)29(36)30(37)34(27)31-33-22-13-12-21(32)17-25(22)40-31/h7-14,16-17,27,35H,4-6,15H2,1-3H3. The highest BCUT2D eigenvalue weighted by molar-refractivity contribution is 7.22. The number of halogens is 1. The van der Waals surface area contributed by atoms with Gasteiger partial charge in [-0.05, 0) is 56.2 Å². The number of aryl methyl sites for hydroxylation is 1. The van der Waals surface area contributed by atoms with Crippen LogP contribution in [0.4, 0.5) is 9.52 Å². The second-order valence-electron chi connectivity index (χ2n) is 9.48. The Morgan fingerprint density at radius 3 is 2.52 bits per heavy atom. The Balaban J connectivity index is 1.69. The van der Waals surface area contributed by atoms with Crippen molar-refractivity contribution in [2.24, 2.45) is 0 Å². The summed E-state index contributed by atoms with van der Waals surface area (Å²) >= 11 is 1.10. The van der Waals surface area contributed by atoms with Crippen LogP contribution in [0.2, 0.25) is 0 Å². The van der Waals surface area contributed by atoms with Crippen molar-refractivity contribution in [3.05, 3.63) is 88.7 Å². The van der Waals surface area contributed by atoms with Gasteiger partial charge >= 0.3 is 5.91 Å². The van der Waals surface area contributed by atoms with E-state index in [0.717, 1.165) is 29.7 Å². The first-order valence-electron chi connectivity index (χ1n) is 13.2. The maximum atomic E-state index is 13.9. The summed E-state index contributed by atoms with van der Waals surface area (Å²) in [5.74, 6) is -1.39. The molecule has 3 aromatic carbocycles. The average molecular weight is 561 g/mol. The number of aromatic nitrogens is 1. The number of amides is 1. The van der Waals surface area contributed by atoms with E-state index in [0.29, 0.717) is 46.1 Å². The number of Topliss-reactive ketones (excluding diaryl/α,β-unsaturated/α-hetero) is 1. The molecule has 206 valence electrons. The third-order valence-corrected chi connectivity index (χ3v) is 7.67. The number of ketones is 1. The van der Waals surface area contributed by atoms with Gasteiger partial charge in [0, 0.05) is 5.56 Å². The van der Waals surface area contributed by atoms with Crippen molar-refractivity contribution < 1.29 is 28.6 Å². The summed E-state index contributed by atoms with van der Waals surface area (Å²) < 4.78 is 26.3. The molecule has 2 heterocycles. The lowest BCUT2D eigenvalue weighted by molar-refractivity contribution is -0.132. The van der Waals surface area contributed by atoms with Crippen molar-refractivity contribution in [1.82, 2.24) is 4.98 Å². The van der Waals surface area contributed by atoms with E-state index < -0.39 is 23.5 Å². The number of unbranched alkanes of at least 4 members (excludes halogenated alkanes) is 1. The van der Waals surface area contributed by atoms with Gasteiger partial charge < -0.3 is 14.6 Å². The molecule has 1 saturated heterocycles. The molecule has 1 aliphatic rings. The van der Waals surface area contributed by atoms with E-state index in [1.54, 1.807) is 30.3 Å². The molecule has 1 aromatic heterocycles. The zero-order chi connectivity index (χ0) is 28.4. The maximum absolute atomic E-state index is 13.9. The topological polar surface area (TPSA) is 89.0 Å². The van der Waals surface area contributed by atoms with Crippen molar-refractivity contribution >= 4 is 44.1 Å². The molecule has 7 nitrogen and oxygen atoms in total. The van der Waals surface area contributed by atoms with E-state index in [4.69, 9.17) is 9.47 Å². The zero-order valence-corrected chi connectivity index (χ0v) is 23.3. The first-order chi connectivity index (χ1) is 19.3. The lowest BCUT2D eigenvalue weighted by atomic mass is 9.95. The van der Waals surface area contributed by atoms with Crippen molar-refractivity contribution in [2.75, 3.05) is 18.1 Å². The molecule has 0 radical (unpaired) electrons. The average Bonchev–Trinajstić information content (AvgIpc) is 3.47. The van der Waals surface area contributed by atoms with Crippen LogP contribution < -0.4 is 14.4 Å². The van der Waals surface area contributed by atoms with Crippen LogP contribution in [0.1, 0.15) is 49.4 Å². The van der Waals surface area contributed by atoms with Crippen LogP contribution in [0.5, 0.6) is 11.5 Å². The highest BCUT2D eigenvalue weighted by Gasteiger charge is 2.48. The van der Waals surface area contributed by atoms with Gasteiger partial charge in [-0.3, -0.25) is 14.5 Å². The summed E-state index contributed by atoms with van der Waals surface area (Å²) in [4.78, 5) is 32.9. The first-order valence-corrected chi connectivity index (χ1v) is 14.0. The van der Waals surface area contributed by atoms with Crippen molar-refractivity contribution in [3.8, 4) is 11.5 Å². The van der Waals surface area contributed by atoms with Crippen LogP contribution in [0.3, 0.4) is 0 Å². The Kier molecular flexibility index (Phi) is 7.84. The fourth-order valence-corrected chi connectivity index (χ4v) is 5.63. The molecule has 1 aliphatic heterocycles. The molecule has 40 heavy (non-hydrogen) atoms.